The minimum Gasteiger partial charge on any atom is -0.376 e. The standard InChI is InChI=1S/C64H45BN2/c1-63(2)53-32-16-15-31-49(53)51-41-52-50-40-45(43-23-9-4-10-24-43)37-38-57(50)67(48-30-19-25-44(39-48)42-21-7-3-8-22-42)65-56-35-20-34-55-61(56)66(62(59(51)63)60(52)65)58-36-18-17-33-54(58)64(55,46-26-11-5-12-27-46)47-28-13-6-14-29-47/h3-41H,1-2H3. The first-order valence-corrected chi connectivity index (χ1v) is 23.6. The van der Waals surface area contributed by atoms with Crippen molar-refractivity contribution >= 4 is 46.2 Å². The summed E-state index contributed by atoms with van der Waals surface area (Å²) in [7, 11) is 0. The van der Waals surface area contributed by atoms with E-state index in [0.717, 1.165) is 0 Å². The van der Waals surface area contributed by atoms with Crippen LogP contribution in [0.4, 0.5) is 28.4 Å². The fourth-order valence-electron chi connectivity index (χ4n) is 12.7. The van der Waals surface area contributed by atoms with Crippen LogP contribution in [0, 0.1) is 0 Å². The van der Waals surface area contributed by atoms with E-state index in [1.54, 1.807) is 0 Å². The van der Waals surface area contributed by atoms with Gasteiger partial charge in [-0.05, 0) is 120 Å². The molecule has 67 heavy (non-hydrogen) atoms. The minimum absolute atomic E-state index is 0.156. The third-order valence-corrected chi connectivity index (χ3v) is 15.4. The van der Waals surface area contributed by atoms with Crippen molar-refractivity contribution < 1.29 is 0 Å². The molecule has 3 heterocycles. The summed E-state index contributed by atoms with van der Waals surface area (Å²) in [6, 6.07) is 88.9. The van der Waals surface area contributed by atoms with E-state index in [0.29, 0.717) is 0 Å². The first kappa shape index (κ1) is 38.2. The average molecular weight is 853 g/mol. The van der Waals surface area contributed by atoms with Crippen molar-refractivity contribution in [3.63, 3.8) is 0 Å². The highest BCUT2D eigenvalue weighted by Gasteiger charge is 2.55. The maximum absolute atomic E-state index is 2.72. The molecule has 1 aliphatic carbocycles. The first-order chi connectivity index (χ1) is 33.0. The lowest BCUT2D eigenvalue weighted by Crippen LogP contribution is -2.63. The van der Waals surface area contributed by atoms with Gasteiger partial charge in [-0.25, -0.2) is 0 Å². The van der Waals surface area contributed by atoms with Crippen LogP contribution in [-0.2, 0) is 10.8 Å². The van der Waals surface area contributed by atoms with Gasteiger partial charge in [0, 0.05) is 33.7 Å². The Hall–Kier alpha value is -8.14. The van der Waals surface area contributed by atoms with Gasteiger partial charge in [0.2, 0.25) is 0 Å². The molecule has 0 saturated heterocycles. The van der Waals surface area contributed by atoms with E-state index >= 15 is 0 Å². The van der Waals surface area contributed by atoms with Crippen molar-refractivity contribution in [1.29, 1.82) is 0 Å². The molecular formula is C64H45BN2. The van der Waals surface area contributed by atoms with E-state index in [2.05, 4.69) is 260 Å². The highest BCUT2D eigenvalue weighted by molar-refractivity contribution is 6.93. The fraction of sp³-hybridized carbons (Fsp3) is 0.0625. The highest BCUT2D eigenvalue weighted by Crippen LogP contribution is 2.63. The largest absolute Gasteiger partial charge is 0.376 e. The molecular weight excluding hydrogens is 808 g/mol. The molecule has 0 aromatic heterocycles. The Bertz CT molecular complexity index is 3580. The first-order valence-electron chi connectivity index (χ1n) is 23.6. The molecule has 0 spiro atoms. The number of fused-ring (bicyclic) bond motifs is 10. The fourth-order valence-corrected chi connectivity index (χ4v) is 12.7. The Morgan fingerprint density at radius 2 is 0.940 bits per heavy atom. The van der Waals surface area contributed by atoms with Crippen molar-refractivity contribution in [3.8, 4) is 44.5 Å². The normalized spacial score (nSPS) is 14.9. The SMILES string of the molecule is CC1(C)c2ccccc2-c2cc3c4c(c21)N1c2ccccc2C(c2ccccc2)(c2ccccc2)c2cccc(c21)B4N(c1cccc(-c2ccccc2)c1)c1ccc(-c2ccccc2)cc1-3. The monoisotopic (exact) mass is 852 g/mol. The van der Waals surface area contributed by atoms with Gasteiger partial charge in [-0.1, -0.05) is 214 Å². The molecule has 0 unspecified atom stereocenters. The molecule has 3 heteroatoms. The Balaban J connectivity index is 1.16. The molecule has 4 aliphatic rings. The van der Waals surface area contributed by atoms with Gasteiger partial charge in [-0.2, -0.15) is 0 Å². The molecule has 314 valence electrons. The van der Waals surface area contributed by atoms with Crippen molar-refractivity contribution in [2.45, 2.75) is 24.7 Å². The highest BCUT2D eigenvalue weighted by atomic mass is 15.2. The predicted molar refractivity (Wildman–Crippen MR) is 280 cm³/mol. The molecule has 2 nitrogen and oxygen atoms in total. The van der Waals surface area contributed by atoms with Crippen LogP contribution in [0.15, 0.2) is 237 Å². The van der Waals surface area contributed by atoms with E-state index in [1.807, 2.05) is 0 Å². The van der Waals surface area contributed by atoms with Gasteiger partial charge >= 0.3 is 6.85 Å². The van der Waals surface area contributed by atoms with Crippen LogP contribution in [0.1, 0.15) is 47.2 Å². The zero-order valence-electron chi connectivity index (χ0n) is 37.5. The van der Waals surface area contributed by atoms with Crippen LogP contribution in [0.25, 0.3) is 44.5 Å². The smallest absolute Gasteiger partial charge is 0.333 e. The van der Waals surface area contributed by atoms with Gasteiger partial charge in [0.1, 0.15) is 0 Å². The molecule has 0 saturated carbocycles. The second-order valence-corrected chi connectivity index (χ2v) is 19.1. The van der Waals surface area contributed by atoms with Crippen LogP contribution in [0.5, 0.6) is 0 Å². The summed E-state index contributed by atoms with van der Waals surface area (Å²) in [5.74, 6) is 0. The summed E-state index contributed by atoms with van der Waals surface area (Å²) in [6.45, 7) is 4.75. The van der Waals surface area contributed by atoms with E-state index in [1.165, 1.54) is 117 Å². The van der Waals surface area contributed by atoms with Gasteiger partial charge < -0.3 is 9.71 Å². The zero-order chi connectivity index (χ0) is 44.4. The molecule has 0 atom stereocenters. The molecule has 10 aromatic carbocycles. The van der Waals surface area contributed by atoms with Crippen LogP contribution in [0.2, 0.25) is 0 Å². The maximum atomic E-state index is 2.72. The number of benzene rings is 10. The Morgan fingerprint density at radius 3 is 1.64 bits per heavy atom. The summed E-state index contributed by atoms with van der Waals surface area (Å²) in [6.07, 6.45) is 0. The van der Waals surface area contributed by atoms with Crippen molar-refractivity contribution in [3.05, 3.63) is 270 Å². The number of hydrogen-bond acceptors (Lipinski definition) is 2. The van der Waals surface area contributed by atoms with Crippen LogP contribution in [0.3, 0.4) is 0 Å². The third kappa shape index (κ3) is 5.17. The molecule has 0 N–H and O–H groups in total. The lowest BCUT2D eigenvalue weighted by atomic mass is 9.41. The molecule has 3 aliphatic heterocycles. The maximum Gasteiger partial charge on any atom is 0.333 e. The lowest BCUT2D eigenvalue weighted by molar-refractivity contribution is 0.660. The molecule has 0 amide bonds. The molecule has 0 bridgehead atoms. The van der Waals surface area contributed by atoms with Gasteiger partial charge in [0.25, 0.3) is 0 Å². The van der Waals surface area contributed by atoms with Crippen LogP contribution in [-0.4, -0.2) is 6.85 Å². The minimum atomic E-state index is -0.604. The average Bonchev–Trinajstić information content (AvgIpc) is 3.63. The third-order valence-electron chi connectivity index (χ3n) is 15.4. The van der Waals surface area contributed by atoms with Crippen molar-refractivity contribution in [2.75, 3.05) is 9.71 Å². The molecule has 10 aromatic rings. The van der Waals surface area contributed by atoms with Crippen LogP contribution < -0.4 is 20.6 Å². The van der Waals surface area contributed by atoms with E-state index in [-0.39, 0.29) is 12.3 Å². The Kier molecular flexibility index (Phi) is 8.08. The Morgan fingerprint density at radius 1 is 0.373 bits per heavy atom. The summed E-state index contributed by atoms with van der Waals surface area (Å²) in [5.41, 5.74) is 25.8. The van der Waals surface area contributed by atoms with Crippen molar-refractivity contribution in [2.24, 2.45) is 0 Å². The second kappa shape index (κ2) is 14.2. The molecule has 0 fully saturated rings. The second-order valence-electron chi connectivity index (χ2n) is 19.1. The number of rotatable bonds is 5. The number of para-hydroxylation sites is 2. The summed E-state index contributed by atoms with van der Waals surface area (Å²) < 4.78 is 0. The molecule has 14 rings (SSSR count). The van der Waals surface area contributed by atoms with Crippen LogP contribution >= 0.6 is 0 Å². The van der Waals surface area contributed by atoms with Crippen molar-refractivity contribution in [1.82, 2.24) is 0 Å². The van der Waals surface area contributed by atoms with Gasteiger partial charge in [0.05, 0.1) is 11.1 Å². The predicted octanol–water partition coefficient (Wildman–Crippen LogP) is 14.7. The Labute approximate surface area is 393 Å². The van der Waals surface area contributed by atoms with Gasteiger partial charge in [0.15, 0.2) is 0 Å². The quantitative estimate of drug-likeness (QED) is 0.159. The summed E-state index contributed by atoms with van der Waals surface area (Å²) in [4.78, 5) is 5.40. The molecule has 0 radical (unpaired) electrons. The zero-order valence-corrected chi connectivity index (χ0v) is 37.5. The topological polar surface area (TPSA) is 6.48 Å². The summed E-state index contributed by atoms with van der Waals surface area (Å²) >= 11 is 0. The van der Waals surface area contributed by atoms with Gasteiger partial charge in [-0.15, -0.1) is 0 Å². The number of hydrogen-bond donors (Lipinski definition) is 0. The van der Waals surface area contributed by atoms with Gasteiger partial charge in [-0.3, -0.25) is 0 Å². The van der Waals surface area contributed by atoms with E-state index in [4.69, 9.17) is 0 Å². The van der Waals surface area contributed by atoms with E-state index < -0.39 is 5.41 Å². The summed E-state index contributed by atoms with van der Waals surface area (Å²) in [5, 5.41) is 0. The number of nitrogens with zero attached hydrogens (tertiary/aromatic N) is 2. The van der Waals surface area contributed by atoms with E-state index in [9.17, 15) is 0 Å². The number of anilines is 5. The lowest BCUT2D eigenvalue weighted by Gasteiger charge is -2.53.